The molecule has 7 nitrogen and oxygen atoms in total. The fourth-order valence-corrected chi connectivity index (χ4v) is 4.22. The van der Waals surface area contributed by atoms with Crippen molar-refractivity contribution in [2.24, 2.45) is 0 Å². The van der Waals surface area contributed by atoms with Crippen molar-refractivity contribution in [2.45, 2.75) is 11.4 Å². The van der Waals surface area contributed by atoms with E-state index in [1.807, 2.05) is 0 Å². The van der Waals surface area contributed by atoms with E-state index in [9.17, 15) is 17.2 Å². The van der Waals surface area contributed by atoms with E-state index in [1.165, 1.54) is 14.2 Å². The number of ether oxygens (including phenoxy) is 2. The summed E-state index contributed by atoms with van der Waals surface area (Å²) in [5, 5.41) is -0.363. The minimum Gasteiger partial charge on any atom is -0.497 e. The van der Waals surface area contributed by atoms with Crippen LogP contribution in [-0.2, 0) is 16.6 Å². The van der Waals surface area contributed by atoms with Crippen LogP contribution in [0.1, 0.15) is 5.56 Å². The number of benzene rings is 2. The van der Waals surface area contributed by atoms with Gasteiger partial charge in [0.1, 0.15) is 17.3 Å². The second-order valence-electron chi connectivity index (χ2n) is 5.97. The summed E-state index contributed by atoms with van der Waals surface area (Å²) in [5.74, 6) is -0.920. The molecular weight excluding hydrogens is 440 g/mol. The molecule has 0 saturated carbocycles. The summed E-state index contributed by atoms with van der Waals surface area (Å²) in [6.45, 7) is -0.254. The molecule has 0 spiro atoms. The highest BCUT2D eigenvalue weighted by Gasteiger charge is 2.29. The van der Waals surface area contributed by atoms with Gasteiger partial charge in [0.15, 0.2) is 5.82 Å². The van der Waals surface area contributed by atoms with Crippen LogP contribution in [0.2, 0.25) is 5.02 Å². The van der Waals surface area contributed by atoms with Crippen LogP contribution >= 0.6 is 11.6 Å². The number of hydrogen-bond acceptors (Lipinski definition) is 6. The molecule has 0 amide bonds. The van der Waals surface area contributed by atoms with Gasteiger partial charge >= 0.3 is 0 Å². The highest BCUT2D eigenvalue weighted by molar-refractivity contribution is 7.92. The van der Waals surface area contributed by atoms with Gasteiger partial charge in [0.05, 0.1) is 43.1 Å². The number of halogens is 3. The van der Waals surface area contributed by atoms with Crippen molar-refractivity contribution < 1.29 is 26.7 Å². The highest BCUT2D eigenvalue weighted by Crippen LogP contribution is 2.30. The summed E-state index contributed by atoms with van der Waals surface area (Å²) in [6.07, 6.45) is 1.68. The molecule has 3 aromatic rings. The molecule has 1 heterocycles. The molecule has 0 unspecified atom stereocenters. The van der Waals surface area contributed by atoms with Crippen LogP contribution in [0.25, 0.3) is 0 Å². The Morgan fingerprint density at radius 2 is 1.73 bits per heavy atom. The summed E-state index contributed by atoms with van der Waals surface area (Å²) in [7, 11) is -1.39. The van der Waals surface area contributed by atoms with Gasteiger partial charge in [-0.15, -0.1) is 0 Å². The lowest BCUT2D eigenvalue weighted by molar-refractivity contribution is 0.391. The zero-order valence-corrected chi connectivity index (χ0v) is 17.4. The molecule has 0 atom stereocenters. The van der Waals surface area contributed by atoms with Gasteiger partial charge in [-0.1, -0.05) is 11.6 Å². The van der Waals surface area contributed by atoms with Crippen molar-refractivity contribution in [3.63, 3.8) is 0 Å². The monoisotopic (exact) mass is 455 g/mol. The van der Waals surface area contributed by atoms with E-state index < -0.39 is 21.7 Å². The minimum atomic E-state index is -4.30. The molecule has 0 bridgehead atoms. The maximum absolute atomic E-state index is 13.5. The zero-order chi connectivity index (χ0) is 21.9. The lowest BCUT2D eigenvalue weighted by Crippen LogP contribution is -2.32. The van der Waals surface area contributed by atoms with Gasteiger partial charge < -0.3 is 9.47 Å². The van der Waals surface area contributed by atoms with Crippen LogP contribution in [0, 0.1) is 11.6 Å². The third kappa shape index (κ3) is 4.44. The first-order valence-electron chi connectivity index (χ1n) is 8.42. The zero-order valence-electron chi connectivity index (χ0n) is 15.8. The summed E-state index contributed by atoms with van der Waals surface area (Å²) in [5.41, 5.74) is 0.461. The molecule has 11 heteroatoms. The van der Waals surface area contributed by atoms with E-state index in [0.717, 1.165) is 34.9 Å². The molecule has 1 aromatic heterocycles. The van der Waals surface area contributed by atoms with Crippen LogP contribution < -0.4 is 13.8 Å². The maximum atomic E-state index is 13.5. The number of hydrogen-bond donors (Lipinski definition) is 0. The molecule has 0 fully saturated rings. The molecule has 0 aliphatic heterocycles. The normalized spacial score (nSPS) is 11.2. The smallest absolute Gasteiger partial charge is 0.267 e. The van der Waals surface area contributed by atoms with Gasteiger partial charge in [0.25, 0.3) is 10.0 Å². The van der Waals surface area contributed by atoms with Gasteiger partial charge in [-0.25, -0.2) is 31.5 Å². The second-order valence-corrected chi connectivity index (χ2v) is 8.24. The Kier molecular flexibility index (Phi) is 6.37. The largest absolute Gasteiger partial charge is 0.497 e. The molecule has 0 N–H and O–H groups in total. The summed E-state index contributed by atoms with van der Waals surface area (Å²) >= 11 is 5.76. The van der Waals surface area contributed by atoms with Crippen molar-refractivity contribution in [3.8, 4) is 11.5 Å². The summed E-state index contributed by atoms with van der Waals surface area (Å²) < 4.78 is 64.8. The molecule has 0 saturated heterocycles. The molecular formula is C19H16ClF2N3O4S. The fraction of sp³-hybridized carbons (Fsp3) is 0.158. The average Bonchev–Trinajstić information content (AvgIpc) is 2.74. The first kappa shape index (κ1) is 21.7. The number of nitrogens with zero attached hydrogens (tertiary/aromatic N) is 3. The number of aromatic nitrogens is 2. The predicted molar refractivity (Wildman–Crippen MR) is 106 cm³/mol. The van der Waals surface area contributed by atoms with E-state index >= 15 is 0 Å². The lowest BCUT2D eigenvalue weighted by atomic mass is 10.2. The Morgan fingerprint density at radius 3 is 2.33 bits per heavy atom. The SMILES string of the molecule is COc1ccc(CN(c2ncc(F)cn2)S(=O)(=O)c2ccc(F)c(Cl)c2)c(OC)c1. The van der Waals surface area contributed by atoms with Gasteiger partial charge in [-0.2, -0.15) is 0 Å². The van der Waals surface area contributed by atoms with Crippen LogP contribution in [-0.4, -0.2) is 32.6 Å². The van der Waals surface area contributed by atoms with Crippen molar-refractivity contribution in [1.29, 1.82) is 0 Å². The third-order valence-electron chi connectivity index (χ3n) is 4.12. The topological polar surface area (TPSA) is 81.6 Å². The minimum absolute atomic E-state index is 0.254. The van der Waals surface area contributed by atoms with Gasteiger partial charge in [0.2, 0.25) is 5.95 Å². The third-order valence-corrected chi connectivity index (χ3v) is 6.13. The standard InChI is InChI=1S/C19H16ClF2N3O4S/c1-28-14-4-3-12(18(7-14)29-2)11-25(19-23-9-13(21)10-24-19)30(26,27)15-5-6-17(22)16(20)8-15/h3-10H,11H2,1-2H3. The Morgan fingerprint density at radius 1 is 1.03 bits per heavy atom. The van der Waals surface area contributed by atoms with Gasteiger partial charge in [-0.3, -0.25) is 0 Å². The molecule has 2 aromatic carbocycles. The van der Waals surface area contributed by atoms with Crippen molar-refractivity contribution in [3.05, 3.63) is 71.0 Å². The van der Waals surface area contributed by atoms with Crippen molar-refractivity contribution in [2.75, 3.05) is 18.5 Å². The first-order chi connectivity index (χ1) is 14.3. The number of anilines is 1. The summed E-state index contributed by atoms with van der Waals surface area (Å²) in [6, 6.07) is 7.81. The van der Waals surface area contributed by atoms with E-state index in [1.54, 1.807) is 18.2 Å². The molecule has 0 aliphatic carbocycles. The fourth-order valence-electron chi connectivity index (χ4n) is 2.60. The molecule has 158 valence electrons. The molecule has 3 rings (SSSR count). The van der Waals surface area contributed by atoms with Crippen molar-refractivity contribution in [1.82, 2.24) is 9.97 Å². The highest BCUT2D eigenvalue weighted by atomic mass is 35.5. The van der Waals surface area contributed by atoms with E-state index in [2.05, 4.69) is 9.97 Å². The average molecular weight is 456 g/mol. The van der Waals surface area contributed by atoms with Crippen LogP contribution in [0.3, 0.4) is 0 Å². The van der Waals surface area contributed by atoms with Crippen LogP contribution in [0.4, 0.5) is 14.7 Å². The quantitative estimate of drug-likeness (QED) is 0.538. The summed E-state index contributed by atoms with van der Waals surface area (Å²) in [4.78, 5) is 7.28. The van der Waals surface area contributed by atoms with E-state index in [4.69, 9.17) is 21.1 Å². The number of sulfonamides is 1. The Balaban J connectivity index is 2.12. The van der Waals surface area contributed by atoms with Crippen LogP contribution in [0.5, 0.6) is 11.5 Å². The van der Waals surface area contributed by atoms with Crippen molar-refractivity contribution >= 4 is 27.6 Å². The Labute approximate surface area is 176 Å². The van der Waals surface area contributed by atoms with Gasteiger partial charge in [0, 0.05) is 11.6 Å². The lowest BCUT2D eigenvalue weighted by Gasteiger charge is -2.23. The number of methoxy groups -OCH3 is 2. The van der Waals surface area contributed by atoms with Crippen LogP contribution in [0.15, 0.2) is 53.7 Å². The first-order valence-corrected chi connectivity index (χ1v) is 10.2. The number of rotatable bonds is 7. The maximum Gasteiger partial charge on any atom is 0.267 e. The van der Waals surface area contributed by atoms with Gasteiger partial charge in [-0.05, 0) is 30.3 Å². The Bertz CT molecular complexity index is 1160. The van der Waals surface area contributed by atoms with E-state index in [0.29, 0.717) is 17.1 Å². The van der Waals surface area contributed by atoms with E-state index in [-0.39, 0.29) is 22.4 Å². The second kappa shape index (κ2) is 8.80. The molecule has 0 aliphatic rings. The molecule has 30 heavy (non-hydrogen) atoms. The Hall–Kier alpha value is -2.98. The predicted octanol–water partition coefficient (Wildman–Crippen LogP) is 3.82. The molecule has 0 radical (unpaired) electrons.